The lowest BCUT2D eigenvalue weighted by molar-refractivity contribution is 0.790. The van der Waals surface area contributed by atoms with E-state index >= 15 is 0 Å². The van der Waals surface area contributed by atoms with Crippen molar-refractivity contribution in [3.05, 3.63) is 34.2 Å². The Morgan fingerprint density at radius 1 is 1.36 bits per heavy atom. The molecule has 1 aliphatic rings. The van der Waals surface area contributed by atoms with Gasteiger partial charge in [0.15, 0.2) is 0 Å². The summed E-state index contributed by atoms with van der Waals surface area (Å²) in [6.07, 6.45) is 2.10. The molecule has 0 unspecified atom stereocenters. The van der Waals surface area contributed by atoms with Gasteiger partial charge in [0.2, 0.25) is 0 Å². The van der Waals surface area contributed by atoms with Crippen LogP contribution in [0.2, 0.25) is 0 Å². The molecular formula is C10H11N3O. The first kappa shape index (κ1) is 7.67. The summed E-state index contributed by atoms with van der Waals surface area (Å²) in [4.78, 5) is 14.4. The number of nitrogens with zero attached hydrogens (tertiary/aromatic N) is 1. The molecule has 4 heteroatoms. The number of imidazole rings is 1. The molecule has 1 aliphatic heterocycles. The van der Waals surface area contributed by atoms with E-state index < -0.39 is 0 Å². The van der Waals surface area contributed by atoms with Crippen LogP contribution in [0, 0.1) is 0 Å². The molecule has 0 radical (unpaired) electrons. The Morgan fingerprint density at radius 3 is 3.21 bits per heavy atom. The minimum absolute atomic E-state index is 0.0747. The fourth-order valence-corrected chi connectivity index (χ4v) is 2.05. The van der Waals surface area contributed by atoms with Gasteiger partial charge in [-0.1, -0.05) is 12.1 Å². The number of aryl methyl sites for hydroxylation is 1. The van der Waals surface area contributed by atoms with Crippen molar-refractivity contribution >= 4 is 11.0 Å². The third-order valence-electron chi connectivity index (χ3n) is 2.68. The van der Waals surface area contributed by atoms with Crippen molar-refractivity contribution in [1.82, 2.24) is 9.66 Å². The molecule has 3 rings (SSSR count). The minimum atomic E-state index is -0.0747. The normalized spacial score (nSPS) is 15.1. The van der Waals surface area contributed by atoms with Crippen LogP contribution >= 0.6 is 0 Å². The summed E-state index contributed by atoms with van der Waals surface area (Å²) in [6.45, 7) is 0.849. The Labute approximate surface area is 80.5 Å². The van der Waals surface area contributed by atoms with Crippen LogP contribution < -0.4 is 11.1 Å². The molecule has 2 N–H and O–H groups in total. The van der Waals surface area contributed by atoms with Gasteiger partial charge in [-0.15, -0.1) is 0 Å². The molecule has 0 aliphatic carbocycles. The summed E-state index contributed by atoms with van der Waals surface area (Å²) in [7, 11) is 0. The van der Waals surface area contributed by atoms with Crippen LogP contribution in [0.1, 0.15) is 12.0 Å². The Morgan fingerprint density at radius 2 is 2.29 bits per heavy atom. The van der Waals surface area contributed by atoms with Gasteiger partial charge in [-0.25, -0.2) is 9.47 Å². The van der Waals surface area contributed by atoms with Crippen molar-refractivity contribution < 1.29 is 0 Å². The molecule has 0 amide bonds. The molecule has 0 bridgehead atoms. The van der Waals surface area contributed by atoms with Gasteiger partial charge in [0, 0.05) is 6.54 Å². The van der Waals surface area contributed by atoms with Crippen molar-refractivity contribution in [2.24, 2.45) is 0 Å². The first-order valence-electron chi connectivity index (χ1n) is 4.83. The first-order valence-corrected chi connectivity index (χ1v) is 4.83. The Kier molecular flexibility index (Phi) is 1.45. The topological polar surface area (TPSA) is 49.8 Å². The van der Waals surface area contributed by atoms with Gasteiger partial charge in [0.25, 0.3) is 0 Å². The minimum Gasteiger partial charge on any atom is -0.321 e. The number of rotatable bonds is 0. The van der Waals surface area contributed by atoms with Crippen LogP contribution in [-0.2, 0) is 6.42 Å². The summed E-state index contributed by atoms with van der Waals surface area (Å²) in [5.74, 6) is 0. The van der Waals surface area contributed by atoms with Crippen LogP contribution in [0.3, 0.4) is 0 Å². The number of hydrogen-bond donors (Lipinski definition) is 2. The zero-order valence-corrected chi connectivity index (χ0v) is 7.71. The average Bonchev–Trinajstić information content (AvgIpc) is 2.39. The van der Waals surface area contributed by atoms with Crippen LogP contribution in [0.4, 0.5) is 0 Å². The second kappa shape index (κ2) is 2.64. The first-order chi connectivity index (χ1) is 6.86. The van der Waals surface area contributed by atoms with E-state index in [1.807, 2.05) is 12.1 Å². The maximum absolute atomic E-state index is 11.6. The molecule has 2 heterocycles. The van der Waals surface area contributed by atoms with E-state index in [0.717, 1.165) is 30.4 Å². The summed E-state index contributed by atoms with van der Waals surface area (Å²) in [6, 6.07) is 6.01. The van der Waals surface area contributed by atoms with Gasteiger partial charge in [-0.3, -0.25) is 0 Å². The monoisotopic (exact) mass is 189 g/mol. The predicted octanol–water partition coefficient (Wildman–Crippen LogP) is 0.819. The van der Waals surface area contributed by atoms with Crippen LogP contribution in [-0.4, -0.2) is 16.2 Å². The maximum atomic E-state index is 11.6. The zero-order chi connectivity index (χ0) is 9.54. The number of nitrogens with one attached hydrogen (secondary N) is 2. The number of H-pyrrole nitrogens is 1. The third kappa shape index (κ3) is 0.907. The molecule has 2 aromatic rings. The second-order valence-corrected chi connectivity index (χ2v) is 3.59. The van der Waals surface area contributed by atoms with E-state index in [2.05, 4.69) is 16.5 Å². The van der Waals surface area contributed by atoms with E-state index in [1.54, 1.807) is 4.68 Å². The molecule has 4 nitrogen and oxygen atoms in total. The van der Waals surface area contributed by atoms with Gasteiger partial charge in [0.1, 0.15) is 0 Å². The van der Waals surface area contributed by atoms with Crippen molar-refractivity contribution in [3.63, 3.8) is 0 Å². The van der Waals surface area contributed by atoms with Crippen LogP contribution in [0.15, 0.2) is 23.0 Å². The van der Waals surface area contributed by atoms with Gasteiger partial charge < -0.3 is 10.4 Å². The standard InChI is InChI=1S/C10H11N3O/c14-10-12-8-5-1-3-7-4-2-6-11-13(10)9(7)8/h1,3,5,11H,2,4,6H2,(H,12,14). The second-order valence-electron chi connectivity index (χ2n) is 3.59. The van der Waals surface area contributed by atoms with E-state index in [-0.39, 0.29) is 5.69 Å². The van der Waals surface area contributed by atoms with E-state index in [9.17, 15) is 4.79 Å². The van der Waals surface area contributed by atoms with E-state index in [4.69, 9.17) is 0 Å². The highest BCUT2D eigenvalue weighted by Gasteiger charge is 2.12. The number of aromatic nitrogens is 2. The summed E-state index contributed by atoms with van der Waals surface area (Å²) in [5.41, 5.74) is 6.21. The summed E-state index contributed by atoms with van der Waals surface area (Å²) in [5, 5.41) is 0. The highest BCUT2D eigenvalue weighted by Crippen LogP contribution is 2.18. The van der Waals surface area contributed by atoms with Crippen LogP contribution in [0.25, 0.3) is 11.0 Å². The Bertz CT molecular complexity index is 538. The lowest BCUT2D eigenvalue weighted by Gasteiger charge is -2.02. The average molecular weight is 189 g/mol. The van der Waals surface area contributed by atoms with Crippen LogP contribution in [0.5, 0.6) is 0 Å². The van der Waals surface area contributed by atoms with Gasteiger partial charge in [-0.2, -0.15) is 0 Å². The number of para-hydroxylation sites is 1. The molecule has 14 heavy (non-hydrogen) atoms. The van der Waals surface area contributed by atoms with Gasteiger partial charge >= 0.3 is 5.69 Å². The fraction of sp³-hybridized carbons (Fsp3) is 0.300. The van der Waals surface area contributed by atoms with Crippen molar-refractivity contribution in [2.75, 3.05) is 12.0 Å². The number of benzene rings is 1. The summed E-state index contributed by atoms with van der Waals surface area (Å²) >= 11 is 0. The summed E-state index contributed by atoms with van der Waals surface area (Å²) < 4.78 is 1.62. The van der Waals surface area contributed by atoms with Gasteiger partial charge in [-0.05, 0) is 24.5 Å². The number of aromatic amines is 1. The van der Waals surface area contributed by atoms with Crippen molar-refractivity contribution in [3.8, 4) is 0 Å². The lowest BCUT2D eigenvalue weighted by atomic mass is 10.1. The molecule has 1 aromatic carbocycles. The van der Waals surface area contributed by atoms with Crippen molar-refractivity contribution in [2.45, 2.75) is 12.8 Å². The fourth-order valence-electron chi connectivity index (χ4n) is 2.05. The van der Waals surface area contributed by atoms with Crippen molar-refractivity contribution in [1.29, 1.82) is 0 Å². The third-order valence-corrected chi connectivity index (χ3v) is 2.68. The smallest absolute Gasteiger partial charge is 0.321 e. The molecule has 0 saturated heterocycles. The van der Waals surface area contributed by atoms with E-state index in [0.29, 0.717) is 0 Å². The number of hydrogen-bond acceptors (Lipinski definition) is 2. The molecular weight excluding hydrogens is 178 g/mol. The zero-order valence-electron chi connectivity index (χ0n) is 7.71. The molecule has 0 saturated carbocycles. The van der Waals surface area contributed by atoms with Gasteiger partial charge in [0.05, 0.1) is 11.0 Å². The Hall–Kier alpha value is -1.71. The highest BCUT2D eigenvalue weighted by molar-refractivity contribution is 5.79. The molecule has 72 valence electrons. The molecule has 0 spiro atoms. The molecule has 0 atom stereocenters. The maximum Gasteiger partial charge on any atom is 0.345 e. The quantitative estimate of drug-likeness (QED) is 0.644. The largest absolute Gasteiger partial charge is 0.345 e. The SMILES string of the molecule is O=c1[nH]c2cccc3c2n1NCCC3. The predicted molar refractivity (Wildman–Crippen MR) is 55.1 cm³/mol. The van der Waals surface area contributed by atoms with E-state index in [1.165, 1.54) is 5.56 Å². The lowest BCUT2D eigenvalue weighted by Crippen LogP contribution is -2.26. The highest BCUT2D eigenvalue weighted by atomic mass is 16.2. The molecule has 1 aromatic heterocycles. The molecule has 0 fully saturated rings. The Balaban J connectivity index is 2.48.